The normalized spacial score (nSPS) is 31.7. The van der Waals surface area contributed by atoms with Gasteiger partial charge < -0.3 is 4.74 Å². The number of nitrogens with one attached hydrogen (secondary N) is 1. The number of aromatic amines is 1. The monoisotopic (exact) mass is 252 g/mol. The standard InChI is InChI=1S/C13H20N2O3/c1-4-9-8(3)12(18-10(9)5-2)15-7-6-11(16)14-13(15)17/h6-10,12H,4-5H2,1-3H3,(H,14,16,17)/t8-,9?,10+,12+/m0/s1. The SMILES string of the molecule is CCC1[C@@H](CC)O[C@@H](n2ccc(=O)[nH]c2=O)[C@H]1C. The zero-order chi connectivity index (χ0) is 13.3. The molecule has 1 unspecified atom stereocenters. The van der Waals surface area contributed by atoms with Crippen molar-refractivity contribution in [1.29, 1.82) is 0 Å². The summed E-state index contributed by atoms with van der Waals surface area (Å²) in [6.07, 6.45) is 3.41. The third-order valence-electron chi connectivity index (χ3n) is 3.92. The van der Waals surface area contributed by atoms with E-state index < -0.39 is 5.69 Å². The Morgan fingerprint density at radius 1 is 1.33 bits per heavy atom. The van der Waals surface area contributed by atoms with Crippen molar-refractivity contribution in [1.82, 2.24) is 9.55 Å². The summed E-state index contributed by atoms with van der Waals surface area (Å²) < 4.78 is 7.46. The molecule has 100 valence electrons. The van der Waals surface area contributed by atoms with Gasteiger partial charge in [0.2, 0.25) is 0 Å². The van der Waals surface area contributed by atoms with E-state index in [4.69, 9.17) is 4.74 Å². The molecule has 1 aliphatic heterocycles. The van der Waals surface area contributed by atoms with Crippen molar-refractivity contribution in [3.63, 3.8) is 0 Å². The second kappa shape index (κ2) is 5.10. The molecular formula is C13H20N2O3. The van der Waals surface area contributed by atoms with Crippen molar-refractivity contribution < 1.29 is 4.74 Å². The molecule has 2 heterocycles. The molecule has 1 aromatic heterocycles. The number of H-pyrrole nitrogens is 1. The van der Waals surface area contributed by atoms with E-state index in [-0.39, 0.29) is 23.8 Å². The Hall–Kier alpha value is -1.36. The molecule has 1 aromatic rings. The molecular weight excluding hydrogens is 232 g/mol. The summed E-state index contributed by atoms with van der Waals surface area (Å²) in [7, 11) is 0. The van der Waals surface area contributed by atoms with Crippen molar-refractivity contribution in [2.24, 2.45) is 11.8 Å². The highest BCUT2D eigenvalue weighted by atomic mass is 16.5. The minimum absolute atomic E-state index is 0.189. The Labute approximate surface area is 106 Å². The van der Waals surface area contributed by atoms with Crippen LogP contribution in [0.25, 0.3) is 0 Å². The van der Waals surface area contributed by atoms with E-state index in [1.165, 1.54) is 16.8 Å². The maximum Gasteiger partial charge on any atom is 0.330 e. The molecule has 4 atom stereocenters. The van der Waals surface area contributed by atoms with Gasteiger partial charge in [-0.3, -0.25) is 14.3 Å². The molecule has 18 heavy (non-hydrogen) atoms. The Kier molecular flexibility index (Phi) is 3.71. The molecule has 0 aromatic carbocycles. The Morgan fingerprint density at radius 3 is 2.56 bits per heavy atom. The molecule has 2 rings (SSSR count). The van der Waals surface area contributed by atoms with E-state index in [1.54, 1.807) is 0 Å². The molecule has 0 bridgehead atoms. The van der Waals surface area contributed by atoms with Gasteiger partial charge in [0.1, 0.15) is 6.23 Å². The first-order valence-corrected chi connectivity index (χ1v) is 6.55. The Morgan fingerprint density at radius 2 is 2.06 bits per heavy atom. The fourth-order valence-electron chi connectivity index (χ4n) is 2.93. The number of hydrogen-bond acceptors (Lipinski definition) is 3. The lowest BCUT2D eigenvalue weighted by atomic mass is 9.87. The van der Waals surface area contributed by atoms with Gasteiger partial charge in [0, 0.05) is 18.2 Å². The van der Waals surface area contributed by atoms with Crippen LogP contribution < -0.4 is 11.2 Å². The van der Waals surface area contributed by atoms with Gasteiger partial charge in [0.25, 0.3) is 5.56 Å². The number of ether oxygens (including phenoxy) is 1. The summed E-state index contributed by atoms with van der Waals surface area (Å²) in [4.78, 5) is 25.1. The number of hydrogen-bond donors (Lipinski definition) is 1. The smallest absolute Gasteiger partial charge is 0.330 e. The maximum atomic E-state index is 11.8. The topological polar surface area (TPSA) is 64.1 Å². The van der Waals surface area contributed by atoms with E-state index >= 15 is 0 Å². The van der Waals surface area contributed by atoms with Crippen LogP contribution in [0.15, 0.2) is 21.9 Å². The molecule has 1 fully saturated rings. The van der Waals surface area contributed by atoms with E-state index in [1.807, 2.05) is 0 Å². The van der Waals surface area contributed by atoms with E-state index in [2.05, 4.69) is 25.8 Å². The van der Waals surface area contributed by atoms with Crippen molar-refractivity contribution >= 4 is 0 Å². The fourth-order valence-corrected chi connectivity index (χ4v) is 2.93. The van der Waals surface area contributed by atoms with Crippen LogP contribution in [0.3, 0.4) is 0 Å². The summed E-state index contributed by atoms with van der Waals surface area (Å²) >= 11 is 0. The minimum Gasteiger partial charge on any atom is -0.354 e. The lowest BCUT2D eigenvalue weighted by Crippen LogP contribution is -2.33. The summed E-state index contributed by atoms with van der Waals surface area (Å²) in [5.41, 5.74) is -0.771. The molecule has 1 N–H and O–H groups in total. The largest absolute Gasteiger partial charge is 0.354 e. The molecule has 1 aliphatic rings. The lowest BCUT2D eigenvalue weighted by Gasteiger charge is -2.19. The molecule has 1 saturated heterocycles. The molecule has 5 heteroatoms. The second-order valence-electron chi connectivity index (χ2n) is 4.92. The summed E-state index contributed by atoms with van der Waals surface area (Å²) in [5, 5.41) is 0. The number of aromatic nitrogens is 2. The number of rotatable bonds is 3. The third-order valence-corrected chi connectivity index (χ3v) is 3.92. The van der Waals surface area contributed by atoms with Crippen LogP contribution in [0.2, 0.25) is 0 Å². The van der Waals surface area contributed by atoms with Crippen LogP contribution in [0.5, 0.6) is 0 Å². The highest BCUT2D eigenvalue weighted by Gasteiger charge is 2.40. The van der Waals surface area contributed by atoms with Crippen LogP contribution in [0.4, 0.5) is 0 Å². The first-order chi connectivity index (χ1) is 8.58. The van der Waals surface area contributed by atoms with Gasteiger partial charge in [-0.05, 0) is 12.3 Å². The van der Waals surface area contributed by atoms with E-state index in [9.17, 15) is 9.59 Å². The summed E-state index contributed by atoms with van der Waals surface area (Å²) in [6, 6.07) is 1.36. The molecule has 5 nitrogen and oxygen atoms in total. The second-order valence-corrected chi connectivity index (χ2v) is 4.92. The quantitative estimate of drug-likeness (QED) is 0.886. The summed E-state index contributed by atoms with van der Waals surface area (Å²) in [6.45, 7) is 6.34. The van der Waals surface area contributed by atoms with Gasteiger partial charge in [-0.1, -0.05) is 27.2 Å². The maximum absolute atomic E-state index is 11.8. The first kappa shape index (κ1) is 13.1. The average molecular weight is 252 g/mol. The van der Waals surface area contributed by atoms with Crippen LogP contribution in [0, 0.1) is 11.8 Å². The van der Waals surface area contributed by atoms with E-state index in [0.29, 0.717) is 5.92 Å². The molecule has 0 saturated carbocycles. The lowest BCUT2D eigenvalue weighted by molar-refractivity contribution is -0.0175. The van der Waals surface area contributed by atoms with Crippen molar-refractivity contribution in [2.75, 3.05) is 0 Å². The van der Waals surface area contributed by atoms with Crippen molar-refractivity contribution in [3.05, 3.63) is 33.1 Å². The Bertz CT molecular complexity index is 519. The van der Waals surface area contributed by atoms with E-state index in [0.717, 1.165) is 12.8 Å². The molecule has 0 amide bonds. The van der Waals surface area contributed by atoms with Gasteiger partial charge in [-0.25, -0.2) is 4.79 Å². The predicted molar refractivity (Wildman–Crippen MR) is 68.5 cm³/mol. The fraction of sp³-hybridized carbons (Fsp3) is 0.692. The van der Waals surface area contributed by atoms with Gasteiger partial charge >= 0.3 is 5.69 Å². The van der Waals surface area contributed by atoms with Crippen LogP contribution in [-0.4, -0.2) is 15.7 Å². The van der Waals surface area contributed by atoms with Crippen molar-refractivity contribution in [3.8, 4) is 0 Å². The molecule has 0 radical (unpaired) electrons. The molecule has 0 aliphatic carbocycles. The van der Waals surface area contributed by atoms with Crippen molar-refractivity contribution in [2.45, 2.75) is 45.9 Å². The van der Waals surface area contributed by atoms with Gasteiger partial charge in [0.05, 0.1) is 6.10 Å². The minimum atomic E-state index is -0.397. The molecule has 0 spiro atoms. The van der Waals surface area contributed by atoms with Crippen LogP contribution in [0.1, 0.15) is 39.8 Å². The number of nitrogens with zero attached hydrogens (tertiary/aromatic N) is 1. The third kappa shape index (κ3) is 2.14. The zero-order valence-corrected chi connectivity index (χ0v) is 11.1. The van der Waals surface area contributed by atoms with Gasteiger partial charge in [-0.2, -0.15) is 0 Å². The Balaban J connectivity index is 2.34. The average Bonchev–Trinajstić information content (AvgIpc) is 2.66. The van der Waals surface area contributed by atoms with Crippen LogP contribution >= 0.6 is 0 Å². The van der Waals surface area contributed by atoms with Gasteiger partial charge in [-0.15, -0.1) is 0 Å². The predicted octanol–water partition coefficient (Wildman–Crippen LogP) is 1.51. The van der Waals surface area contributed by atoms with Crippen LogP contribution in [-0.2, 0) is 4.74 Å². The first-order valence-electron chi connectivity index (χ1n) is 6.55. The van der Waals surface area contributed by atoms with Gasteiger partial charge in [0.15, 0.2) is 0 Å². The highest BCUT2D eigenvalue weighted by Crippen LogP contribution is 2.41. The zero-order valence-electron chi connectivity index (χ0n) is 11.1. The summed E-state index contributed by atoms with van der Waals surface area (Å²) in [5.74, 6) is 0.724. The highest BCUT2D eigenvalue weighted by molar-refractivity contribution is 4.90.